The molecule has 0 spiro atoms. The lowest BCUT2D eigenvalue weighted by atomic mass is 9.75. The zero-order valence-corrected chi connectivity index (χ0v) is 11.9. The van der Waals surface area contributed by atoms with Crippen LogP contribution in [0.2, 0.25) is 0 Å². The van der Waals surface area contributed by atoms with Gasteiger partial charge in [0.15, 0.2) is 0 Å². The fraction of sp³-hybridized carbons (Fsp3) is 0.294. The van der Waals surface area contributed by atoms with Gasteiger partial charge in [-0.2, -0.15) is 0 Å². The van der Waals surface area contributed by atoms with Crippen LogP contribution in [0.4, 0.5) is 4.39 Å². The molecule has 0 aliphatic heterocycles. The molecule has 104 valence electrons. The van der Waals surface area contributed by atoms with Crippen molar-refractivity contribution in [1.29, 1.82) is 0 Å². The first kappa shape index (κ1) is 13.7. The molecule has 0 saturated carbocycles. The Morgan fingerprint density at radius 2 is 2.05 bits per heavy atom. The fourth-order valence-electron chi connectivity index (χ4n) is 2.72. The average Bonchev–Trinajstić information content (AvgIpc) is 2.43. The zero-order chi connectivity index (χ0) is 13.9. The molecule has 2 unspecified atom stereocenters. The summed E-state index contributed by atoms with van der Waals surface area (Å²) >= 11 is 1.51. The van der Waals surface area contributed by atoms with Gasteiger partial charge in [0.05, 0.1) is 6.10 Å². The lowest BCUT2D eigenvalue weighted by Crippen LogP contribution is -2.23. The summed E-state index contributed by atoms with van der Waals surface area (Å²) in [5, 5.41) is 10.1. The number of aliphatic hydroxyl groups is 1. The summed E-state index contributed by atoms with van der Waals surface area (Å²) in [6.07, 6.45) is 1.51. The molecule has 0 heterocycles. The predicted molar refractivity (Wildman–Crippen MR) is 80.6 cm³/mol. The van der Waals surface area contributed by atoms with Crippen LogP contribution in [0.1, 0.15) is 23.5 Å². The van der Waals surface area contributed by atoms with E-state index in [2.05, 4.69) is 24.3 Å². The summed E-state index contributed by atoms with van der Waals surface area (Å²) in [6, 6.07) is 14.9. The Kier molecular flexibility index (Phi) is 4.08. The second-order valence-corrected chi connectivity index (χ2v) is 6.35. The zero-order valence-electron chi connectivity index (χ0n) is 11.1. The van der Waals surface area contributed by atoms with Gasteiger partial charge in [-0.3, -0.25) is 0 Å². The summed E-state index contributed by atoms with van der Waals surface area (Å²) in [5.41, 5.74) is 2.78. The molecule has 1 aliphatic carbocycles. The van der Waals surface area contributed by atoms with Crippen molar-refractivity contribution in [3.05, 3.63) is 65.5 Å². The SMILES string of the molecule is OC(CSc1cccc(F)c1)CC1Cc2ccccc21. The number of halogens is 1. The third kappa shape index (κ3) is 3.05. The Morgan fingerprint density at radius 1 is 1.20 bits per heavy atom. The second kappa shape index (κ2) is 5.98. The van der Waals surface area contributed by atoms with Crippen molar-refractivity contribution in [2.24, 2.45) is 0 Å². The fourth-order valence-corrected chi connectivity index (χ4v) is 3.61. The summed E-state index contributed by atoms with van der Waals surface area (Å²) in [7, 11) is 0. The van der Waals surface area contributed by atoms with Crippen molar-refractivity contribution in [2.45, 2.75) is 29.8 Å². The van der Waals surface area contributed by atoms with E-state index in [9.17, 15) is 9.50 Å². The first-order valence-corrected chi connectivity index (χ1v) is 7.85. The number of hydrogen-bond donors (Lipinski definition) is 1. The van der Waals surface area contributed by atoms with Gasteiger partial charge in [-0.25, -0.2) is 4.39 Å². The van der Waals surface area contributed by atoms with Crippen molar-refractivity contribution in [1.82, 2.24) is 0 Å². The number of aliphatic hydroxyl groups excluding tert-OH is 1. The number of benzene rings is 2. The van der Waals surface area contributed by atoms with Gasteiger partial charge in [0, 0.05) is 10.6 Å². The highest BCUT2D eigenvalue weighted by atomic mass is 32.2. The van der Waals surface area contributed by atoms with Crippen molar-refractivity contribution >= 4 is 11.8 Å². The standard InChI is InChI=1S/C17H17FOS/c18-14-5-3-6-16(10-14)20-11-15(19)9-13-8-12-4-1-2-7-17(12)13/h1-7,10,13,15,19H,8-9,11H2. The van der Waals surface area contributed by atoms with Crippen molar-refractivity contribution in [3.63, 3.8) is 0 Å². The van der Waals surface area contributed by atoms with E-state index >= 15 is 0 Å². The van der Waals surface area contributed by atoms with Gasteiger partial charge in [0.25, 0.3) is 0 Å². The molecule has 0 fully saturated rings. The van der Waals surface area contributed by atoms with E-state index < -0.39 is 0 Å². The molecular formula is C17H17FOS. The normalized spacial score (nSPS) is 18.2. The van der Waals surface area contributed by atoms with E-state index in [0.29, 0.717) is 11.7 Å². The monoisotopic (exact) mass is 288 g/mol. The second-order valence-electron chi connectivity index (χ2n) is 5.26. The molecule has 1 aliphatic rings. The first-order valence-electron chi connectivity index (χ1n) is 6.86. The minimum Gasteiger partial charge on any atom is -0.392 e. The van der Waals surface area contributed by atoms with Crippen molar-refractivity contribution in [3.8, 4) is 0 Å². The molecule has 3 heteroatoms. The number of thioether (sulfide) groups is 1. The third-order valence-electron chi connectivity index (χ3n) is 3.76. The Balaban J connectivity index is 1.50. The van der Waals surface area contributed by atoms with Crippen LogP contribution in [-0.4, -0.2) is 17.0 Å². The van der Waals surface area contributed by atoms with E-state index in [4.69, 9.17) is 0 Å². The van der Waals surface area contributed by atoms with Crippen LogP contribution < -0.4 is 0 Å². The highest BCUT2D eigenvalue weighted by molar-refractivity contribution is 7.99. The first-order chi connectivity index (χ1) is 9.72. The Hall–Kier alpha value is -1.32. The van der Waals surface area contributed by atoms with Crippen molar-refractivity contribution in [2.75, 3.05) is 5.75 Å². The molecule has 0 bridgehead atoms. The van der Waals surface area contributed by atoms with Gasteiger partial charge in [-0.1, -0.05) is 30.3 Å². The Labute approximate surface area is 122 Å². The van der Waals surface area contributed by atoms with Crippen LogP contribution in [0.5, 0.6) is 0 Å². The summed E-state index contributed by atoms with van der Waals surface area (Å²) in [6.45, 7) is 0. The molecule has 3 rings (SSSR count). The van der Waals surface area contributed by atoms with E-state index in [1.807, 2.05) is 6.07 Å². The van der Waals surface area contributed by atoms with Gasteiger partial charge in [-0.15, -0.1) is 11.8 Å². The van der Waals surface area contributed by atoms with Gasteiger partial charge in [0.2, 0.25) is 0 Å². The van der Waals surface area contributed by atoms with Crippen LogP contribution in [0.3, 0.4) is 0 Å². The van der Waals surface area contributed by atoms with Crippen LogP contribution in [-0.2, 0) is 6.42 Å². The van der Waals surface area contributed by atoms with Crippen LogP contribution in [0, 0.1) is 5.82 Å². The number of rotatable bonds is 5. The van der Waals surface area contributed by atoms with Gasteiger partial charge in [0.1, 0.15) is 5.82 Å². The highest BCUT2D eigenvalue weighted by Gasteiger charge is 2.27. The summed E-state index contributed by atoms with van der Waals surface area (Å²) in [5.74, 6) is 0.869. The minimum absolute atomic E-state index is 0.225. The Morgan fingerprint density at radius 3 is 2.85 bits per heavy atom. The lowest BCUT2D eigenvalue weighted by Gasteiger charge is -2.31. The van der Waals surface area contributed by atoms with E-state index in [-0.39, 0.29) is 11.9 Å². The predicted octanol–water partition coefficient (Wildman–Crippen LogP) is 4.01. The molecule has 1 nitrogen and oxygen atoms in total. The molecular weight excluding hydrogens is 271 g/mol. The van der Waals surface area contributed by atoms with Gasteiger partial charge in [-0.05, 0) is 48.1 Å². The number of fused-ring (bicyclic) bond motifs is 1. The maximum absolute atomic E-state index is 13.1. The van der Waals surface area contributed by atoms with Gasteiger partial charge < -0.3 is 5.11 Å². The third-order valence-corrected chi connectivity index (χ3v) is 4.90. The topological polar surface area (TPSA) is 20.2 Å². The minimum atomic E-state index is -0.346. The Bertz CT molecular complexity index is 599. The largest absolute Gasteiger partial charge is 0.392 e. The molecule has 0 saturated heterocycles. The maximum atomic E-state index is 13.1. The molecule has 0 radical (unpaired) electrons. The van der Waals surface area contributed by atoms with Crippen molar-refractivity contribution < 1.29 is 9.50 Å². The molecule has 2 aromatic rings. The van der Waals surface area contributed by atoms with E-state index in [1.54, 1.807) is 6.07 Å². The average molecular weight is 288 g/mol. The highest BCUT2D eigenvalue weighted by Crippen LogP contribution is 2.38. The van der Waals surface area contributed by atoms with Gasteiger partial charge >= 0.3 is 0 Å². The molecule has 2 atom stereocenters. The quantitative estimate of drug-likeness (QED) is 0.839. The summed E-state index contributed by atoms with van der Waals surface area (Å²) in [4.78, 5) is 0.873. The number of hydrogen-bond acceptors (Lipinski definition) is 2. The van der Waals surface area contributed by atoms with E-state index in [1.165, 1.54) is 35.0 Å². The molecule has 0 amide bonds. The molecule has 2 aromatic carbocycles. The molecule has 20 heavy (non-hydrogen) atoms. The summed E-state index contributed by atoms with van der Waals surface area (Å²) < 4.78 is 13.1. The van der Waals surface area contributed by atoms with E-state index in [0.717, 1.165) is 17.7 Å². The van der Waals surface area contributed by atoms with Crippen LogP contribution >= 0.6 is 11.8 Å². The molecule has 1 N–H and O–H groups in total. The maximum Gasteiger partial charge on any atom is 0.124 e. The lowest BCUT2D eigenvalue weighted by molar-refractivity contribution is 0.175. The van der Waals surface area contributed by atoms with Crippen LogP contribution in [0.15, 0.2) is 53.4 Å². The smallest absolute Gasteiger partial charge is 0.124 e. The van der Waals surface area contributed by atoms with Crippen LogP contribution in [0.25, 0.3) is 0 Å². The molecule has 0 aromatic heterocycles.